The van der Waals surface area contributed by atoms with Crippen LogP contribution < -0.4 is 0 Å². The Kier molecular flexibility index (Phi) is 2.58. The molecule has 0 N–H and O–H groups in total. The van der Waals surface area contributed by atoms with E-state index in [0.29, 0.717) is 5.92 Å². The SMILES string of the molecule is CC(C)Cn1cnnc1-c1cscn1. The third-order valence-corrected chi connectivity index (χ3v) is 2.43. The van der Waals surface area contributed by atoms with E-state index in [9.17, 15) is 0 Å². The predicted molar refractivity (Wildman–Crippen MR) is 56.0 cm³/mol. The summed E-state index contributed by atoms with van der Waals surface area (Å²) in [6.07, 6.45) is 1.76. The zero-order valence-electron chi connectivity index (χ0n) is 8.21. The Morgan fingerprint density at radius 2 is 2.36 bits per heavy atom. The van der Waals surface area contributed by atoms with Gasteiger partial charge in [-0.05, 0) is 5.92 Å². The van der Waals surface area contributed by atoms with Crippen molar-refractivity contribution in [2.24, 2.45) is 5.92 Å². The highest BCUT2D eigenvalue weighted by molar-refractivity contribution is 7.07. The summed E-state index contributed by atoms with van der Waals surface area (Å²) < 4.78 is 2.04. The van der Waals surface area contributed by atoms with Crippen LogP contribution in [-0.2, 0) is 6.54 Å². The molecule has 2 heterocycles. The molecule has 0 aliphatic carbocycles. The van der Waals surface area contributed by atoms with E-state index in [-0.39, 0.29) is 0 Å². The number of aromatic nitrogens is 4. The van der Waals surface area contributed by atoms with Crippen molar-refractivity contribution in [1.29, 1.82) is 0 Å². The van der Waals surface area contributed by atoms with Gasteiger partial charge in [0.2, 0.25) is 0 Å². The van der Waals surface area contributed by atoms with Crippen LogP contribution in [0, 0.1) is 5.92 Å². The van der Waals surface area contributed by atoms with Crippen LogP contribution in [0.5, 0.6) is 0 Å². The van der Waals surface area contributed by atoms with Gasteiger partial charge in [-0.25, -0.2) is 4.98 Å². The van der Waals surface area contributed by atoms with Crippen molar-refractivity contribution >= 4 is 11.3 Å². The Balaban J connectivity index is 2.30. The molecular weight excluding hydrogens is 196 g/mol. The first-order chi connectivity index (χ1) is 6.77. The monoisotopic (exact) mass is 208 g/mol. The maximum atomic E-state index is 4.22. The van der Waals surface area contributed by atoms with Crippen molar-refractivity contribution in [3.8, 4) is 11.5 Å². The van der Waals surface area contributed by atoms with E-state index >= 15 is 0 Å². The molecular formula is C9H12N4S. The molecule has 0 saturated heterocycles. The van der Waals surface area contributed by atoms with Crippen LogP contribution in [0.1, 0.15) is 13.8 Å². The summed E-state index contributed by atoms with van der Waals surface area (Å²) in [5.41, 5.74) is 2.72. The highest BCUT2D eigenvalue weighted by Crippen LogP contribution is 2.16. The number of hydrogen-bond acceptors (Lipinski definition) is 4. The van der Waals surface area contributed by atoms with Crippen molar-refractivity contribution < 1.29 is 0 Å². The van der Waals surface area contributed by atoms with Crippen LogP contribution in [0.4, 0.5) is 0 Å². The summed E-state index contributed by atoms with van der Waals surface area (Å²) in [5, 5.41) is 9.96. The minimum Gasteiger partial charge on any atom is -0.312 e. The zero-order valence-corrected chi connectivity index (χ0v) is 9.03. The van der Waals surface area contributed by atoms with Gasteiger partial charge in [-0.2, -0.15) is 0 Å². The van der Waals surface area contributed by atoms with E-state index in [1.54, 1.807) is 17.7 Å². The van der Waals surface area contributed by atoms with Gasteiger partial charge in [0, 0.05) is 11.9 Å². The molecule has 0 saturated carbocycles. The Morgan fingerprint density at radius 3 is 3.00 bits per heavy atom. The van der Waals surface area contributed by atoms with E-state index in [1.807, 2.05) is 15.5 Å². The van der Waals surface area contributed by atoms with Gasteiger partial charge < -0.3 is 4.57 Å². The average molecular weight is 208 g/mol. The number of nitrogens with zero attached hydrogens (tertiary/aromatic N) is 4. The van der Waals surface area contributed by atoms with E-state index < -0.39 is 0 Å². The van der Waals surface area contributed by atoms with E-state index in [1.165, 1.54) is 0 Å². The lowest BCUT2D eigenvalue weighted by atomic mass is 10.2. The number of thiazole rings is 1. The molecule has 5 heteroatoms. The van der Waals surface area contributed by atoms with Crippen molar-refractivity contribution in [3.63, 3.8) is 0 Å². The van der Waals surface area contributed by atoms with Gasteiger partial charge in [-0.3, -0.25) is 0 Å². The molecule has 2 aromatic rings. The van der Waals surface area contributed by atoms with Crippen molar-refractivity contribution in [2.45, 2.75) is 20.4 Å². The normalized spacial score (nSPS) is 11.1. The lowest BCUT2D eigenvalue weighted by Gasteiger charge is -2.06. The van der Waals surface area contributed by atoms with E-state index in [2.05, 4.69) is 29.0 Å². The largest absolute Gasteiger partial charge is 0.312 e. The standard InChI is InChI=1S/C9H12N4S/c1-7(2)3-13-5-11-12-9(13)8-4-14-6-10-8/h4-7H,3H2,1-2H3. The molecule has 0 aliphatic rings. The summed E-state index contributed by atoms with van der Waals surface area (Å²) in [6, 6.07) is 0. The van der Waals surface area contributed by atoms with Crippen molar-refractivity contribution in [1.82, 2.24) is 19.7 Å². The van der Waals surface area contributed by atoms with Crippen molar-refractivity contribution in [3.05, 3.63) is 17.2 Å². The fourth-order valence-corrected chi connectivity index (χ4v) is 1.83. The molecule has 0 amide bonds. The highest BCUT2D eigenvalue weighted by Gasteiger charge is 2.09. The molecule has 0 bridgehead atoms. The molecule has 2 aromatic heterocycles. The van der Waals surface area contributed by atoms with Gasteiger partial charge in [0.1, 0.15) is 12.0 Å². The van der Waals surface area contributed by atoms with Gasteiger partial charge in [0.15, 0.2) is 5.82 Å². The molecule has 0 atom stereocenters. The molecule has 0 aliphatic heterocycles. The first-order valence-corrected chi connectivity index (χ1v) is 5.48. The topological polar surface area (TPSA) is 43.6 Å². The fourth-order valence-electron chi connectivity index (χ4n) is 1.30. The van der Waals surface area contributed by atoms with Crippen LogP contribution >= 0.6 is 11.3 Å². The predicted octanol–water partition coefficient (Wildman–Crippen LogP) is 2.06. The minimum atomic E-state index is 0.586. The molecule has 14 heavy (non-hydrogen) atoms. The maximum absolute atomic E-state index is 4.22. The Morgan fingerprint density at radius 1 is 1.50 bits per heavy atom. The van der Waals surface area contributed by atoms with Crippen LogP contribution in [0.3, 0.4) is 0 Å². The fraction of sp³-hybridized carbons (Fsp3) is 0.444. The maximum Gasteiger partial charge on any atom is 0.183 e. The second-order valence-electron chi connectivity index (χ2n) is 3.57. The van der Waals surface area contributed by atoms with Crippen LogP contribution in [0.25, 0.3) is 11.5 Å². The van der Waals surface area contributed by atoms with Gasteiger partial charge in [0.25, 0.3) is 0 Å². The van der Waals surface area contributed by atoms with Crippen LogP contribution in [0.15, 0.2) is 17.2 Å². The summed E-state index contributed by atoms with van der Waals surface area (Å²) in [4.78, 5) is 4.22. The summed E-state index contributed by atoms with van der Waals surface area (Å²) >= 11 is 1.57. The number of hydrogen-bond donors (Lipinski definition) is 0. The Bertz CT molecular complexity index is 391. The molecule has 0 aromatic carbocycles. The molecule has 0 fully saturated rings. The smallest absolute Gasteiger partial charge is 0.183 e. The third kappa shape index (κ3) is 1.82. The zero-order chi connectivity index (χ0) is 9.97. The average Bonchev–Trinajstić information content (AvgIpc) is 2.70. The summed E-state index contributed by atoms with van der Waals surface area (Å²) in [6.45, 7) is 5.27. The Hall–Kier alpha value is -1.23. The second kappa shape index (κ2) is 3.88. The van der Waals surface area contributed by atoms with Gasteiger partial charge >= 0.3 is 0 Å². The third-order valence-electron chi connectivity index (χ3n) is 1.84. The molecule has 0 unspecified atom stereocenters. The molecule has 2 rings (SSSR count). The van der Waals surface area contributed by atoms with Crippen LogP contribution in [-0.4, -0.2) is 19.7 Å². The number of rotatable bonds is 3. The lowest BCUT2D eigenvalue weighted by Crippen LogP contribution is -2.05. The minimum absolute atomic E-state index is 0.586. The van der Waals surface area contributed by atoms with Gasteiger partial charge in [0.05, 0.1) is 5.51 Å². The first kappa shape index (κ1) is 9.33. The van der Waals surface area contributed by atoms with Gasteiger partial charge in [-0.1, -0.05) is 13.8 Å². The van der Waals surface area contributed by atoms with Crippen molar-refractivity contribution in [2.75, 3.05) is 0 Å². The Labute approximate surface area is 86.6 Å². The second-order valence-corrected chi connectivity index (χ2v) is 4.29. The summed E-state index contributed by atoms with van der Waals surface area (Å²) in [5.74, 6) is 1.45. The molecule has 74 valence electrons. The molecule has 4 nitrogen and oxygen atoms in total. The first-order valence-electron chi connectivity index (χ1n) is 4.53. The highest BCUT2D eigenvalue weighted by atomic mass is 32.1. The van der Waals surface area contributed by atoms with E-state index in [0.717, 1.165) is 18.1 Å². The van der Waals surface area contributed by atoms with Gasteiger partial charge in [-0.15, -0.1) is 21.5 Å². The summed E-state index contributed by atoms with van der Waals surface area (Å²) in [7, 11) is 0. The van der Waals surface area contributed by atoms with Crippen LogP contribution in [0.2, 0.25) is 0 Å². The van der Waals surface area contributed by atoms with E-state index in [4.69, 9.17) is 0 Å². The quantitative estimate of drug-likeness (QED) is 0.775. The lowest BCUT2D eigenvalue weighted by molar-refractivity contribution is 0.525. The molecule has 0 spiro atoms. The molecule has 0 radical (unpaired) electrons.